The standard InChI is InChI=1S/C17H21NO5/c19-17(23-14-7-3-4-8-14)12-9-10-15(18(20)21)16(11-12)22-13-5-1-2-6-13/h9-11,13-14H,1-8H2. The predicted molar refractivity (Wildman–Crippen MR) is 83.7 cm³/mol. The number of rotatable bonds is 5. The van der Waals surface area contributed by atoms with Gasteiger partial charge in [-0.3, -0.25) is 10.1 Å². The number of hydrogen-bond donors (Lipinski definition) is 0. The molecule has 2 saturated carbocycles. The Morgan fingerprint density at radius 2 is 1.65 bits per heavy atom. The number of esters is 1. The van der Waals surface area contributed by atoms with Crippen molar-refractivity contribution in [3.8, 4) is 5.75 Å². The minimum Gasteiger partial charge on any atom is -0.483 e. The van der Waals surface area contributed by atoms with Gasteiger partial charge in [-0.2, -0.15) is 0 Å². The van der Waals surface area contributed by atoms with E-state index >= 15 is 0 Å². The molecule has 0 amide bonds. The third-order valence-corrected chi connectivity index (χ3v) is 4.56. The van der Waals surface area contributed by atoms with Crippen LogP contribution < -0.4 is 4.74 Å². The maximum absolute atomic E-state index is 12.2. The van der Waals surface area contributed by atoms with Crippen molar-refractivity contribution in [1.29, 1.82) is 0 Å². The van der Waals surface area contributed by atoms with Gasteiger partial charge < -0.3 is 9.47 Å². The lowest BCUT2D eigenvalue weighted by molar-refractivity contribution is -0.386. The number of ether oxygens (including phenoxy) is 2. The van der Waals surface area contributed by atoms with Crippen LogP contribution in [0.3, 0.4) is 0 Å². The van der Waals surface area contributed by atoms with Crippen LogP contribution in [-0.2, 0) is 4.74 Å². The number of carbonyl (C=O) groups is 1. The molecule has 1 aromatic carbocycles. The van der Waals surface area contributed by atoms with Crippen LogP contribution in [0.25, 0.3) is 0 Å². The molecular formula is C17H21NO5. The van der Waals surface area contributed by atoms with Crippen molar-refractivity contribution in [2.24, 2.45) is 0 Å². The van der Waals surface area contributed by atoms with Gasteiger partial charge in [-0.15, -0.1) is 0 Å². The summed E-state index contributed by atoms with van der Waals surface area (Å²) in [6.45, 7) is 0. The highest BCUT2D eigenvalue weighted by atomic mass is 16.6. The molecule has 2 aliphatic carbocycles. The molecule has 6 heteroatoms. The van der Waals surface area contributed by atoms with Gasteiger partial charge in [-0.25, -0.2) is 4.79 Å². The fourth-order valence-corrected chi connectivity index (χ4v) is 3.30. The summed E-state index contributed by atoms with van der Waals surface area (Å²) >= 11 is 0. The van der Waals surface area contributed by atoms with E-state index in [4.69, 9.17) is 9.47 Å². The van der Waals surface area contributed by atoms with Crippen molar-refractivity contribution in [1.82, 2.24) is 0 Å². The zero-order valence-corrected chi connectivity index (χ0v) is 13.0. The van der Waals surface area contributed by atoms with E-state index in [0.29, 0.717) is 5.56 Å². The molecule has 2 aliphatic rings. The monoisotopic (exact) mass is 319 g/mol. The van der Waals surface area contributed by atoms with Gasteiger partial charge in [-0.05, 0) is 57.4 Å². The maximum Gasteiger partial charge on any atom is 0.338 e. The van der Waals surface area contributed by atoms with E-state index in [9.17, 15) is 14.9 Å². The summed E-state index contributed by atoms with van der Waals surface area (Å²) in [6, 6.07) is 4.22. The van der Waals surface area contributed by atoms with Gasteiger partial charge in [-0.1, -0.05) is 0 Å². The normalized spacial score (nSPS) is 19.0. The van der Waals surface area contributed by atoms with E-state index in [1.807, 2.05) is 0 Å². The molecule has 3 rings (SSSR count). The van der Waals surface area contributed by atoms with E-state index in [-0.39, 0.29) is 23.6 Å². The second kappa shape index (κ2) is 6.98. The smallest absolute Gasteiger partial charge is 0.338 e. The number of nitrogens with zero attached hydrogens (tertiary/aromatic N) is 1. The predicted octanol–water partition coefficient (Wildman–Crippen LogP) is 4.02. The summed E-state index contributed by atoms with van der Waals surface area (Å²) < 4.78 is 11.2. The van der Waals surface area contributed by atoms with Gasteiger partial charge in [0.2, 0.25) is 0 Å². The number of hydrogen-bond acceptors (Lipinski definition) is 5. The van der Waals surface area contributed by atoms with E-state index in [1.165, 1.54) is 18.2 Å². The fraction of sp³-hybridized carbons (Fsp3) is 0.588. The highest BCUT2D eigenvalue weighted by Gasteiger charge is 2.25. The molecule has 0 bridgehead atoms. The third-order valence-electron chi connectivity index (χ3n) is 4.56. The summed E-state index contributed by atoms with van der Waals surface area (Å²) in [5.74, 6) is -0.258. The quantitative estimate of drug-likeness (QED) is 0.465. The van der Waals surface area contributed by atoms with Crippen LogP contribution >= 0.6 is 0 Å². The number of nitro groups is 1. The van der Waals surface area contributed by atoms with Gasteiger partial charge in [0, 0.05) is 12.1 Å². The van der Waals surface area contributed by atoms with E-state index in [2.05, 4.69) is 0 Å². The summed E-state index contributed by atoms with van der Waals surface area (Å²) in [4.78, 5) is 22.9. The summed E-state index contributed by atoms with van der Waals surface area (Å²) in [6.07, 6.45) is 7.84. The van der Waals surface area contributed by atoms with Gasteiger partial charge in [0.1, 0.15) is 6.10 Å². The molecule has 0 aromatic heterocycles. The first-order valence-electron chi connectivity index (χ1n) is 8.29. The van der Waals surface area contributed by atoms with Crippen LogP contribution in [0.2, 0.25) is 0 Å². The Kier molecular flexibility index (Phi) is 4.79. The Labute approximate surface area is 134 Å². The zero-order valence-electron chi connectivity index (χ0n) is 13.0. The van der Waals surface area contributed by atoms with Crippen molar-refractivity contribution in [3.05, 3.63) is 33.9 Å². The fourth-order valence-electron chi connectivity index (χ4n) is 3.30. The minimum absolute atomic E-state index is 0.00481. The first-order valence-corrected chi connectivity index (χ1v) is 8.29. The number of benzene rings is 1. The largest absolute Gasteiger partial charge is 0.483 e. The lowest BCUT2D eigenvalue weighted by Gasteiger charge is -2.15. The van der Waals surface area contributed by atoms with Crippen molar-refractivity contribution in [2.45, 2.75) is 63.6 Å². The molecule has 2 fully saturated rings. The minimum atomic E-state index is -0.476. The van der Waals surface area contributed by atoms with Gasteiger partial charge in [0.25, 0.3) is 0 Å². The highest BCUT2D eigenvalue weighted by molar-refractivity contribution is 5.90. The van der Waals surface area contributed by atoms with Crippen LogP contribution in [0.15, 0.2) is 18.2 Å². The van der Waals surface area contributed by atoms with Crippen LogP contribution in [0.5, 0.6) is 5.75 Å². The summed E-state index contributed by atoms with van der Waals surface area (Å²) in [7, 11) is 0. The molecule has 0 N–H and O–H groups in total. The average molecular weight is 319 g/mol. The molecule has 0 atom stereocenters. The Bertz CT molecular complexity index is 589. The molecular weight excluding hydrogens is 298 g/mol. The molecule has 0 aliphatic heterocycles. The lowest BCUT2D eigenvalue weighted by atomic mass is 10.2. The molecule has 6 nitrogen and oxygen atoms in total. The molecule has 0 saturated heterocycles. The highest BCUT2D eigenvalue weighted by Crippen LogP contribution is 2.33. The molecule has 0 heterocycles. The van der Waals surface area contributed by atoms with Crippen molar-refractivity contribution >= 4 is 11.7 Å². The Balaban J connectivity index is 1.77. The maximum atomic E-state index is 12.2. The van der Waals surface area contributed by atoms with Gasteiger partial charge in [0.15, 0.2) is 5.75 Å². The molecule has 124 valence electrons. The molecule has 0 unspecified atom stereocenters. The zero-order chi connectivity index (χ0) is 16.2. The molecule has 0 spiro atoms. The number of carbonyl (C=O) groups excluding carboxylic acids is 1. The van der Waals surface area contributed by atoms with Crippen LogP contribution in [0.1, 0.15) is 61.7 Å². The topological polar surface area (TPSA) is 78.7 Å². The first kappa shape index (κ1) is 15.8. The van der Waals surface area contributed by atoms with E-state index in [1.54, 1.807) is 0 Å². The van der Waals surface area contributed by atoms with Crippen LogP contribution in [-0.4, -0.2) is 23.1 Å². The Hall–Kier alpha value is -2.11. The van der Waals surface area contributed by atoms with Crippen molar-refractivity contribution in [3.63, 3.8) is 0 Å². The van der Waals surface area contributed by atoms with Crippen molar-refractivity contribution < 1.29 is 19.2 Å². The molecule has 1 aromatic rings. The second-order valence-electron chi connectivity index (χ2n) is 6.28. The SMILES string of the molecule is O=C(OC1CCCC1)c1ccc([N+](=O)[O-])c(OC2CCCC2)c1. The third kappa shape index (κ3) is 3.81. The molecule has 23 heavy (non-hydrogen) atoms. The van der Waals surface area contributed by atoms with E-state index < -0.39 is 10.9 Å². The second-order valence-corrected chi connectivity index (χ2v) is 6.28. The van der Waals surface area contributed by atoms with Crippen LogP contribution in [0, 0.1) is 10.1 Å². The number of nitro benzene ring substituents is 1. The van der Waals surface area contributed by atoms with Crippen LogP contribution in [0.4, 0.5) is 5.69 Å². The summed E-state index contributed by atoms with van der Waals surface area (Å²) in [5, 5.41) is 11.2. The first-order chi connectivity index (χ1) is 11.1. The lowest BCUT2D eigenvalue weighted by Crippen LogP contribution is -2.16. The summed E-state index contributed by atoms with van der Waals surface area (Å²) in [5.41, 5.74) is 0.213. The Morgan fingerprint density at radius 3 is 2.26 bits per heavy atom. The average Bonchev–Trinajstić information content (AvgIpc) is 3.20. The van der Waals surface area contributed by atoms with Gasteiger partial charge >= 0.3 is 11.7 Å². The van der Waals surface area contributed by atoms with Crippen molar-refractivity contribution in [2.75, 3.05) is 0 Å². The van der Waals surface area contributed by atoms with E-state index in [0.717, 1.165) is 51.4 Å². The Morgan fingerprint density at radius 1 is 1.04 bits per heavy atom. The molecule has 0 radical (unpaired) electrons. The van der Waals surface area contributed by atoms with Gasteiger partial charge in [0.05, 0.1) is 16.6 Å².